The summed E-state index contributed by atoms with van der Waals surface area (Å²) in [6, 6.07) is 1.87. The van der Waals surface area contributed by atoms with Gasteiger partial charge in [0.25, 0.3) is 0 Å². The average Bonchev–Trinajstić information content (AvgIpc) is 2.97. The molecule has 1 amide bonds. The fraction of sp³-hybridized carbons (Fsp3) is 0.429. The molecule has 2 unspecified atom stereocenters. The van der Waals surface area contributed by atoms with Crippen LogP contribution in [-0.4, -0.2) is 31.7 Å². The topological polar surface area (TPSA) is 98.7 Å². The summed E-state index contributed by atoms with van der Waals surface area (Å²) in [7, 11) is 0. The molecule has 2 aromatic heterocycles. The molecule has 7 heteroatoms. The number of nitrogens with one attached hydrogen (secondary N) is 1. The number of aromatic nitrogens is 4. The first-order valence-corrected chi connectivity index (χ1v) is 7.11. The Morgan fingerprint density at radius 1 is 1.33 bits per heavy atom. The molecule has 7 nitrogen and oxygen atoms in total. The van der Waals surface area contributed by atoms with Gasteiger partial charge in [0.2, 0.25) is 11.9 Å². The maximum atomic E-state index is 12.2. The molecule has 110 valence electrons. The number of anilines is 1. The zero-order chi connectivity index (χ0) is 14.7. The van der Waals surface area contributed by atoms with E-state index in [0.717, 1.165) is 25.7 Å². The predicted octanol–water partition coefficient (Wildman–Crippen LogP) is 1.12. The maximum Gasteiger partial charge on any atom is 0.250 e. The van der Waals surface area contributed by atoms with Gasteiger partial charge in [0.05, 0.1) is 18.1 Å². The molecule has 21 heavy (non-hydrogen) atoms. The lowest BCUT2D eigenvalue weighted by Crippen LogP contribution is -2.34. The predicted molar refractivity (Wildman–Crippen MR) is 77.7 cm³/mol. The second-order valence-corrected chi connectivity index (χ2v) is 5.34. The third-order valence-electron chi connectivity index (χ3n) is 3.69. The van der Waals surface area contributed by atoms with Crippen molar-refractivity contribution in [1.29, 1.82) is 0 Å². The van der Waals surface area contributed by atoms with Gasteiger partial charge in [-0.3, -0.25) is 4.79 Å². The van der Waals surface area contributed by atoms with Crippen LogP contribution in [0.2, 0.25) is 0 Å². The van der Waals surface area contributed by atoms with Gasteiger partial charge in [0, 0.05) is 24.4 Å². The summed E-state index contributed by atoms with van der Waals surface area (Å²) >= 11 is 0. The molecule has 3 N–H and O–H groups in total. The fourth-order valence-electron chi connectivity index (χ4n) is 2.62. The van der Waals surface area contributed by atoms with Gasteiger partial charge in [-0.2, -0.15) is 5.10 Å². The van der Waals surface area contributed by atoms with Crippen molar-refractivity contribution < 1.29 is 4.79 Å². The van der Waals surface area contributed by atoms with Crippen molar-refractivity contribution in [1.82, 2.24) is 19.7 Å². The summed E-state index contributed by atoms with van der Waals surface area (Å²) in [4.78, 5) is 20.4. The Hall–Kier alpha value is -2.28. The van der Waals surface area contributed by atoms with Gasteiger partial charge < -0.3 is 11.1 Å². The zero-order valence-electron chi connectivity index (χ0n) is 11.6. The summed E-state index contributed by atoms with van der Waals surface area (Å²) in [6.07, 6.45) is 10.3. The Bertz CT molecular complexity index is 611. The minimum absolute atomic E-state index is 0.00919. The molecule has 1 fully saturated rings. The second-order valence-electron chi connectivity index (χ2n) is 5.34. The highest BCUT2D eigenvalue weighted by molar-refractivity contribution is 5.92. The SMILES string of the molecule is NC1CCCC(C(=O)Nc2cnn(-c3ncccn3)c2)C1. The zero-order valence-corrected chi connectivity index (χ0v) is 11.6. The lowest BCUT2D eigenvalue weighted by molar-refractivity contribution is -0.120. The van der Waals surface area contributed by atoms with E-state index in [4.69, 9.17) is 5.73 Å². The summed E-state index contributed by atoms with van der Waals surface area (Å²) in [5.74, 6) is 0.474. The minimum atomic E-state index is -0.00919. The first kappa shape index (κ1) is 13.7. The van der Waals surface area contributed by atoms with Gasteiger partial charge in [-0.25, -0.2) is 14.6 Å². The van der Waals surface area contributed by atoms with E-state index in [1.807, 2.05) is 0 Å². The number of carbonyl (C=O) groups is 1. The number of hydrogen-bond acceptors (Lipinski definition) is 5. The first-order valence-electron chi connectivity index (χ1n) is 7.11. The van der Waals surface area contributed by atoms with E-state index in [1.165, 1.54) is 4.68 Å². The van der Waals surface area contributed by atoms with E-state index in [0.29, 0.717) is 11.6 Å². The summed E-state index contributed by atoms with van der Waals surface area (Å²) < 4.78 is 1.53. The van der Waals surface area contributed by atoms with Crippen molar-refractivity contribution in [3.63, 3.8) is 0 Å². The summed E-state index contributed by atoms with van der Waals surface area (Å²) in [5.41, 5.74) is 6.57. The van der Waals surface area contributed by atoms with E-state index in [9.17, 15) is 4.79 Å². The van der Waals surface area contributed by atoms with Crippen LogP contribution >= 0.6 is 0 Å². The molecule has 0 radical (unpaired) electrons. The third kappa shape index (κ3) is 3.25. The van der Waals surface area contributed by atoms with Gasteiger partial charge >= 0.3 is 0 Å². The highest BCUT2D eigenvalue weighted by Gasteiger charge is 2.25. The Kier molecular flexibility index (Phi) is 3.92. The van der Waals surface area contributed by atoms with E-state index >= 15 is 0 Å². The smallest absolute Gasteiger partial charge is 0.250 e. The second kappa shape index (κ2) is 6.01. The van der Waals surface area contributed by atoms with E-state index < -0.39 is 0 Å². The van der Waals surface area contributed by atoms with E-state index in [-0.39, 0.29) is 17.9 Å². The Labute approximate surface area is 122 Å². The lowest BCUT2D eigenvalue weighted by atomic mass is 9.85. The number of carbonyl (C=O) groups excluding carboxylic acids is 1. The number of nitrogens with two attached hydrogens (primary N) is 1. The van der Waals surface area contributed by atoms with E-state index in [2.05, 4.69) is 20.4 Å². The molecule has 1 aliphatic carbocycles. The van der Waals surface area contributed by atoms with Crippen LogP contribution in [0, 0.1) is 5.92 Å². The van der Waals surface area contributed by atoms with Gasteiger partial charge in [0.15, 0.2) is 0 Å². The van der Waals surface area contributed by atoms with Crippen LogP contribution in [0.15, 0.2) is 30.9 Å². The number of nitrogens with zero attached hydrogens (tertiary/aromatic N) is 4. The molecule has 3 rings (SSSR count). The Morgan fingerprint density at radius 2 is 2.14 bits per heavy atom. The van der Waals surface area contributed by atoms with Crippen molar-refractivity contribution in [3.05, 3.63) is 30.9 Å². The molecule has 1 aliphatic rings. The van der Waals surface area contributed by atoms with Crippen molar-refractivity contribution in [2.75, 3.05) is 5.32 Å². The molecule has 0 bridgehead atoms. The van der Waals surface area contributed by atoms with Crippen molar-refractivity contribution in [3.8, 4) is 5.95 Å². The van der Waals surface area contributed by atoms with Gasteiger partial charge in [-0.1, -0.05) is 6.42 Å². The quantitative estimate of drug-likeness (QED) is 0.881. The summed E-state index contributed by atoms with van der Waals surface area (Å²) in [5, 5.41) is 7.04. The molecule has 2 aromatic rings. The maximum absolute atomic E-state index is 12.2. The Morgan fingerprint density at radius 3 is 2.90 bits per heavy atom. The van der Waals surface area contributed by atoms with E-state index in [1.54, 1.807) is 30.9 Å². The lowest BCUT2D eigenvalue weighted by Gasteiger charge is -2.25. The molecule has 0 saturated heterocycles. The molecular formula is C14H18N6O. The monoisotopic (exact) mass is 286 g/mol. The first-order chi connectivity index (χ1) is 10.2. The number of rotatable bonds is 3. The van der Waals surface area contributed by atoms with Crippen LogP contribution < -0.4 is 11.1 Å². The normalized spacial score (nSPS) is 22.0. The molecular weight excluding hydrogens is 268 g/mol. The standard InChI is InChI=1S/C14H18N6O/c15-11-4-1-3-10(7-11)13(21)19-12-8-18-20(9-12)14-16-5-2-6-17-14/h2,5-6,8-11H,1,3-4,7,15H2,(H,19,21). The van der Waals surface area contributed by atoms with Crippen LogP contribution in [0.4, 0.5) is 5.69 Å². The van der Waals surface area contributed by atoms with Crippen LogP contribution in [0.25, 0.3) is 5.95 Å². The largest absolute Gasteiger partial charge is 0.328 e. The molecule has 0 aliphatic heterocycles. The van der Waals surface area contributed by atoms with Crippen molar-refractivity contribution >= 4 is 11.6 Å². The van der Waals surface area contributed by atoms with Crippen molar-refractivity contribution in [2.45, 2.75) is 31.7 Å². The molecule has 2 heterocycles. The highest BCUT2D eigenvalue weighted by atomic mass is 16.1. The molecule has 1 saturated carbocycles. The van der Waals surface area contributed by atoms with Gasteiger partial charge in [0.1, 0.15) is 0 Å². The summed E-state index contributed by atoms with van der Waals surface area (Å²) in [6.45, 7) is 0. The third-order valence-corrected chi connectivity index (χ3v) is 3.69. The van der Waals surface area contributed by atoms with Crippen LogP contribution in [0.3, 0.4) is 0 Å². The number of hydrogen-bond donors (Lipinski definition) is 2. The minimum Gasteiger partial charge on any atom is -0.328 e. The van der Waals surface area contributed by atoms with Crippen LogP contribution in [-0.2, 0) is 4.79 Å². The van der Waals surface area contributed by atoms with Gasteiger partial charge in [-0.05, 0) is 25.3 Å². The average molecular weight is 286 g/mol. The number of amides is 1. The fourth-order valence-corrected chi connectivity index (χ4v) is 2.62. The van der Waals surface area contributed by atoms with Crippen LogP contribution in [0.5, 0.6) is 0 Å². The molecule has 0 aromatic carbocycles. The van der Waals surface area contributed by atoms with Crippen molar-refractivity contribution in [2.24, 2.45) is 11.7 Å². The Balaban J connectivity index is 1.66. The van der Waals surface area contributed by atoms with Crippen LogP contribution in [0.1, 0.15) is 25.7 Å². The molecule has 2 atom stereocenters. The van der Waals surface area contributed by atoms with Gasteiger partial charge in [-0.15, -0.1) is 0 Å². The highest BCUT2D eigenvalue weighted by Crippen LogP contribution is 2.24. The molecule has 0 spiro atoms.